The summed E-state index contributed by atoms with van der Waals surface area (Å²) >= 11 is 0. The molecule has 2 N–H and O–H groups in total. The van der Waals surface area contributed by atoms with E-state index in [1.54, 1.807) is 0 Å². The lowest BCUT2D eigenvalue weighted by Gasteiger charge is -2.09. The number of aromatic nitrogens is 2. The number of hydrogen-bond donors (Lipinski definition) is 1. The highest BCUT2D eigenvalue weighted by atomic mass is 16.3. The van der Waals surface area contributed by atoms with Gasteiger partial charge in [-0.05, 0) is 44.9 Å². The average Bonchev–Trinajstić information content (AvgIpc) is 2.88. The molecule has 2 heterocycles. The van der Waals surface area contributed by atoms with Crippen LogP contribution in [0, 0.1) is 13.8 Å². The molecule has 0 unspecified atom stereocenters. The van der Waals surface area contributed by atoms with E-state index in [9.17, 15) is 0 Å². The van der Waals surface area contributed by atoms with Crippen molar-refractivity contribution in [2.24, 2.45) is 5.73 Å². The monoisotopic (exact) mass is 229 g/mol. The van der Waals surface area contributed by atoms with E-state index < -0.39 is 0 Å². The molecule has 1 aliphatic rings. The van der Waals surface area contributed by atoms with Crippen molar-refractivity contribution in [2.45, 2.75) is 32.2 Å². The molecule has 0 aromatic carbocycles. The van der Waals surface area contributed by atoms with Crippen molar-refractivity contribution in [3.8, 4) is 11.5 Å². The van der Waals surface area contributed by atoms with Crippen LogP contribution < -0.4 is 5.73 Å². The Kier molecular flexibility index (Phi) is 2.10. The average molecular weight is 229 g/mol. The van der Waals surface area contributed by atoms with Gasteiger partial charge >= 0.3 is 0 Å². The maximum atomic E-state index is 6.13. The minimum atomic E-state index is -0.303. The third kappa shape index (κ3) is 1.85. The van der Waals surface area contributed by atoms with Gasteiger partial charge in [-0.1, -0.05) is 0 Å². The fraction of sp³-hybridized carbons (Fsp3) is 0.385. The van der Waals surface area contributed by atoms with Crippen LogP contribution in [0.25, 0.3) is 11.5 Å². The zero-order valence-electron chi connectivity index (χ0n) is 10.0. The Labute approximate surface area is 99.9 Å². The van der Waals surface area contributed by atoms with E-state index in [0.29, 0.717) is 0 Å². The van der Waals surface area contributed by atoms with Gasteiger partial charge in [0.05, 0.1) is 5.54 Å². The highest BCUT2D eigenvalue weighted by Gasteiger charge is 2.43. The van der Waals surface area contributed by atoms with Gasteiger partial charge < -0.3 is 10.2 Å². The molecule has 0 aliphatic heterocycles. The molecule has 0 amide bonds. The van der Waals surface area contributed by atoms with Gasteiger partial charge in [-0.15, -0.1) is 0 Å². The number of furan rings is 1. The number of hydrogen-bond acceptors (Lipinski definition) is 4. The van der Waals surface area contributed by atoms with Crippen LogP contribution in [0.2, 0.25) is 0 Å². The highest BCUT2D eigenvalue weighted by molar-refractivity contribution is 5.53. The molecule has 1 saturated carbocycles. The molecule has 4 heteroatoms. The lowest BCUT2D eigenvalue weighted by atomic mass is 10.2. The highest BCUT2D eigenvalue weighted by Crippen LogP contribution is 2.41. The quantitative estimate of drug-likeness (QED) is 0.858. The van der Waals surface area contributed by atoms with Crippen molar-refractivity contribution >= 4 is 0 Å². The fourth-order valence-electron chi connectivity index (χ4n) is 1.85. The van der Waals surface area contributed by atoms with E-state index in [-0.39, 0.29) is 5.54 Å². The third-order valence-electron chi connectivity index (χ3n) is 3.08. The summed E-state index contributed by atoms with van der Waals surface area (Å²) in [6, 6.07) is 5.78. The molecule has 0 atom stereocenters. The van der Waals surface area contributed by atoms with Crippen molar-refractivity contribution in [2.75, 3.05) is 0 Å². The zero-order valence-corrected chi connectivity index (χ0v) is 10.0. The standard InChI is InChI=1S/C13H15N3O/c1-8-7-10(11-4-3-9(2)17-11)16-12(15-8)13(14)5-6-13/h3-4,7H,5-6,14H2,1-2H3. The Bertz CT molecular complexity index is 570. The minimum absolute atomic E-state index is 0.303. The molecule has 2 aromatic rings. The summed E-state index contributed by atoms with van der Waals surface area (Å²) in [4.78, 5) is 8.94. The molecular formula is C13H15N3O. The Balaban J connectivity index is 2.08. The molecule has 0 radical (unpaired) electrons. The predicted octanol–water partition coefficient (Wildman–Crippen LogP) is 2.30. The topological polar surface area (TPSA) is 64.9 Å². The van der Waals surface area contributed by atoms with E-state index in [4.69, 9.17) is 10.2 Å². The molecule has 17 heavy (non-hydrogen) atoms. The van der Waals surface area contributed by atoms with Gasteiger partial charge in [0.15, 0.2) is 5.76 Å². The van der Waals surface area contributed by atoms with E-state index >= 15 is 0 Å². The number of rotatable bonds is 2. The molecule has 0 saturated heterocycles. The van der Waals surface area contributed by atoms with Crippen LogP contribution in [-0.4, -0.2) is 9.97 Å². The number of nitrogens with zero attached hydrogens (tertiary/aromatic N) is 2. The van der Waals surface area contributed by atoms with Crippen LogP contribution in [0.4, 0.5) is 0 Å². The summed E-state index contributed by atoms with van der Waals surface area (Å²) in [6.45, 7) is 3.87. The van der Waals surface area contributed by atoms with Crippen molar-refractivity contribution in [1.82, 2.24) is 9.97 Å². The first-order valence-electron chi connectivity index (χ1n) is 5.79. The SMILES string of the molecule is Cc1cc(-c2ccc(C)o2)nc(C2(N)CC2)n1. The Hall–Kier alpha value is -1.68. The van der Waals surface area contributed by atoms with Crippen LogP contribution in [0.15, 0.2) is 22.6 Å². The Morgan fingerprint density at radius 3 is 2.59 bits per heavy atom. The van der Waals surface area contributed by atoms with Crippen molar-refractivity contribution in [3.05, 3.63) is 35.5 Å². The van der Waals surface area contributed by atoms with Crippen LogP contribution in [-0.2, 0) is 5.54 Å². The summed E-state index contributed by atoms with van der Waals surface area (Å²) in [5.41, 5.74) is 7.57. The van der Waals surface area contributed by atoms with Crippen LogP contribution in [0.1, 0.15) is 30.1 Å². The molecule has 88 valence electrons. The normalized spacial score (nSPS) is 17.1. The van der Waals surface area contributed by atoms with Gasteiger partial charge in [0.2, 0.25) is 0 Å². The molecule has 4 nitrogen and oxygen atoms in total. The fourth-order valence-corrected chi connectivity index (χ4v) is 1.85. The summed E-state index contributed by atoms with van der Waals surface area (Å²) in [5, 5.41) is 0. The van der Waals surface area contributed by atoms with E-state index in [2.05, 4.69) is 9.97 Å². The zero-order chi connectivity index (χ0) is 12.0. The molecule has 3 rings (SSSR count). The molecule has 1 fully saturated rings. The third-order valence-corrected chi connectivity index (χ3v) is 3.08. The van der Waals surface area contributed by atoms with Crippen LogP contribution in [0.5, 0.6) is 0 Å². The largest absolute Gasteiger partial charge is 0.460 e. The van der Waals surface area contributed by atoms with Crippen LogP contribution >= 0.6 is 0 Å². The lowest BCUT2D eigenvalue weighted by molar-refractivity contribution is 0.544. The van der Waals surface area contributed by atoms with Crippen LogP contribution in [0.3, 0.4) is 0 Å². The molecule has 1 aliphatic carbocycles. The molecule has 2 aromatic heterocycles. The summed E-state index contributed by atoms with van der Waals surface area (Å²) < 4.78 is 5.58. The second-order valence-corrected chi connectivity index (χ2v) is 4.78. The van der Waals surface area contributed by atoms with E-state index in [1.165, 1.54) is 0 Å². The van der Waals surface area contributed by atoms with Crippen molar-refractivity contribution < 1.29 is 4.42 Å². The van der Waals surface area contributed by atoms with Gasteiger partial charge in [0.1, 0.15) is 17.3 Å². The van der Waals surface area contributed by atoms with Crippen molar-refractivity contribution in [1.29, 1.82) is 0 Å². The maximum absolute atomic E-state index is 6.13. The van der Waals surface area contributed by atoms with E-state index in [0.717, 1.165) is 41.6 Å². The Morgan fingerprint density at radius 2 is 2.00 bits per heavy atom. The summed E-state index contributed by atoms with van der Waals surface area (Å²) in [5.74, 6) is 2.40. The van der Waals surface area contributed by atoms with Gasteiger partial charge in [0, 0.05) is 5.69 Å². The number of nitrogens with two attached hydrogens (primary N) is 1. The van der Waals surface area contributed by atoms with Gasteiger partial charge in [-0.2, -0.15) is 0 Å². The summed E-state index contributed by atoms with van der Waals surface area (Å²) in [6.07, 6.45) is 1.93. The second-order valence-electron chi connectivity index (χ2n) is 4.78. The molecule has 0 spiro atoms. The van der Waals surface area contributed by atoms with Gasteiger partial charge in [-0.25, -0.2) is 9.97 Å². The second kappa shape index (κ2) is 3.40. The van der Waals surface area contributed by atoms with Gasteiger partial charge in [0.25, 0.3) is 0 Å². The first kappa shape index (κ1) is 10.5. The Morgan fingerprint density at radius 1 is 1.24 bits per heavy atom. The maximum Gasteiger partial charge on any atom is 0.152 e. The lowest BCUT2D eigenvalue weighted by Crippen LogP contribution is -2.22. The van der Waals surface area contributed by atoms with Crippen molar-refractivity contribution in [3.63, 3.8) is 0 Å². The first-order chi connectivity index (χ1) is 8.07. The van der Waals surface area contributed by atoms with Gasteiger partial charge in [-0.3, -0.25) is 0 Å². The summed E-state index contributed by atoms with van der Waals surface area (Å²) in [7, 11) is 0. The predicted molar refractivity (Wildman–Crippen MR) is 64.3 cm³/mol. The molecule has 0 bridgehead atoms. The minimum Gasteiger partial charge on any atom is -0.460 e. The first-order valence-corrected chi connectivity index (χ1v) is 5.79. The smallest absolute Gasteiger partial charge is 0.152 e. The molecular weight excluding hydrogens is 214 g/mol. The van der Waals surface area contributed by atoms with E-state index in [1.807, 2.05) is 32.0 Å². The number of aryl methyl sites for hydroxylation is 2.